The molecule has 1 aromatic rings. The predicted octanol–water partition coefficient (Wildman–Crippen LogP) is 3.49. The molecular weight excluding hydrogens is 240 g/mol. The average Bonchev–Trinajstić information content (AvgIpc) is 2.34. The van der Waals surface area contributed by atoms with Crippen LogP contribution in [0.3, 0.4) is 0 Å². The Morgan fingerprint density at radius 2 is 1.84 bits per heavy atom. The molecule has 0 aliphatic carbocycles. The molecule has 0 amide bonds. The number of rotatable bonds is 8. The molecule has 0 aliphatic rings. The molecular formula is C16H26O3. The average molecular weight is 266 g/mol. The van der Waals surface area contributed by atoms with Gasteiger partial charge in [0.1, 0.15) is 12.4 Å². The van der Waals surface area contributed by atoms with Gasteiger partial charge in [0, 0.05) is 6.61 Å². The second kappa shape index (κ2) is 8.18. The topological polar surface area (TPSA) is 38.7 Å². The summed E-state index contributed by atoms with van der Waals surface area (Å²) in [7, 11) is 0. The number of ether oxygens (including phenoxy) is 2. The summed E-state index contributed by atoms with van der Waals surface area (Å²) >= 11 is 0. The maximum atomic E-state index is 9.50. The van der Waals surface area contributed by atoms with Crippen molar-refractivity contribution >= 4 is 0 Å². The lowest BCUT2D eigenvalue weighted by molar-refractivity contribution is 0.0923. The number of aryl methyl sites for hydroxylation is 1. The first-order chi connectivity index (χ1) is 9.00. The summed E-state index contributed by atoms with van der Waals surface area (Å²) in [6, 6.07) is 5.76. The van der Waals surface area contributed by atoms with Crippen LogP contribution in [-0.4, -0.2) is 24.9 Å². The van der Waals surface area contributed by atoms with Crippen molar-refractivity contribution in [1.29, 1.82) is 0 Å². The van der Waals surface area contributed by atoms with E-state index in [0.29, 0.717) is 19.1 Å². The highest BCUT2D eigenvalue weighted by Crippen LogP contribution is 2.22. The zero-order valence-electron chi connectivity index (χ0n) is 12.5. The van der Waals surface area contributed by atoms with E-state index in [9.17, 15) is 5.11 Å². The molecule has 0 bridgehead atoms. The quantitative estimate of drug-likeness (QED) is 0.732. The van der Waals surface area contributed by atoms with Crippen LogP contribution in [-0.2, 0) is 4.74 Å². The number of aliphatic hydroxyl groups is 1. The second-order valence-corrected chi connectivity index (χ2v) is 5.34. The third-order valence-corrected chi connectivity index (χ3v) is 3.01. The van der Waals surface area contributed by atoms with Gasteiger partial charge in [-0.25, -0.2) is 0 Å². The van der Waals surface area contributed by atoms with Gasteiger partial charge in [-0.15, -0.1) is 0 Å². The van der Waals surface area contributed by atoms with Gasteiger partial charge in [0.15, 0.2) is 0 Å². The minimum absolute atomic E-state index is 0.438. The van der Waals surface area contributed by atoms with Crippen LogP contribution in [0.1, 0.15) is 44.4 Å². The predicted molar refractivity (Wildman–Crippen MR) is 77.6 cm³/mol. The summed E-state index contributed by atoms with van der Waals surface area (Å²) in [5, 5.41) is 9.50. The van der Waals surface area contributed by atoms with Gasteiger partial charge >= 0.3 is 0 Å². The molecule has 0 heterocycles. The second-order valence-electron chi connectivity index (χ2n) is 5.34. The van der Waals surface area contributed by atoms with Gasteiger partial charge in [-0.3, -0.25) is 0 Å². The van der Waals surface area contributed by atoms with Gasteiger partial charge in [0.2, 0.25) is 0 Å². The Kier molecular flexibility index (Phi) is 6.89. The van der Waals surface area contributed by atoms with Crippen molar-refractivity contribution in [3.8, 4) is 5.75 Å². The highest BCUT2D eigenvalue weighted by Gasteiger charge is 2.05. The maximum Gasteiger partial charge on any atom is 0.122 e. The van der Waals surface area contributed by atoms with Crippen LogP contribution in [0.25, 0.3) is 0 Å². The fourth-order valence-electron chi connectivity index (χ4n) is 1.73. The summed E-state index contributed by atoms with van der Waals surface area (Å²) in [5.74, 6) is 1.54. The molecule has 0 aromatic heterocycles. The van der Waals surface area contributed by atoms with Gasteiger partial charge < -0.3 is 14.6 Å². The minimum atomic E-state index is -0.438. The van der Waals surface area contributed by atoms with E-state index < -0.39 is 6.10 Å². The molecule has 0 saturated heterocycles. The van der Waals surface area contributed by atoms with Crippen LogP contribution in [0, 0.1) is 12.8 Å². The lowest BCUT2D eigenvalue weighted by Crippen LogP contribution is -2.09. The Morgan fingerprint density at radius 3 is 2.42 bits per heavy atom. The molecule has 1 rings (SSSR count). The molecule has 3 heteroatoms. The monoisotopic (exact) mass is 266 g/mol. The standard InChI is InChI=1S/C16H26O3/c1-12(2)7-8-18-9-10-19-16-6-5-15(14(4)17)11-13(16)3/h5-6,11-12,14,17H,7-10H2,1-4H3/t14-/m0/s1. The highest BCUT2D eigenvalue weighted by molar-refractivity contribution is 5.36. The molecule has 0 spiro atoms. The molecule has 0 unspecified atom stereocenters. The molecule has 3 nitrogen and oxygen atoms in total. The summed E-state index contributed by atoms with van der Waals surface area (Å²) in [6.07, 6.45) is 0.648. The van der Waals surface area contributed by atoms with E-state index in [2.05, 4.69) is 13.8 Å². The number of benzene rings is 1. The molecule has 0 aliphatic heterocycles. The Morgan fingerprint density at radius 1 is 1.11 bits per heavy atom. The lowest BCUT2D eigenvalue weighted by atomic mass is 10.1. The SMILES string of the molecule is Cc1cc([C@H](C)O)ccc1OCCOCCC(C)C. The van der Waals surface area contributed by atoms with Crippen LogP contribution >= 0.6 is 0 Å². The van der Waals surface area contributed by atoms with Crippen LogP contribution in [0.2, 0.25) is 0 Å². The first-order valence-electron chi connectivity index (χ1n) is 7.00. The maximum absolute atomic E-state index is 9.50. The highest BCUT2D eigenvalue weighted by atomic mass is 16.5. The molecule has 108 valence electrons. The van der Waals surface area contributed by atoms with E-state index in [1.165, 1.54) is 0 Å². The molecule has 1 aromatic carbocycles. The fourth-order valence-corrected chi connectivity index (χ4v) is 1.73. The first-order valence-corrected chi connectivity index (χ1v) is 7.00. The summed E-state index contributed by atoms with van der Waals surface area (Å²) in [5.41, 5.74) is 1.96. The van der Waals surface area contributed by atoms with Gasteiger partial charge in [0.05, 0.1) is 12.7 Å². The van der Waals surface area contributed by atoms with Crippen molar-refractivity contribution in [2.24, 2.45) is 5.92 Å². The normalized spacial score (nSPS) is 12.7. The Balaban J connectivity index is 2.30. The third kappa shape index (κ3) is 6.08. The molecule has 1 N–H and O–H groups in total. The van der Waals surface area contributed by atoms with Crippen molar-refractivity contribution in [3.63, 3.8) is 0 Å². The molecule has 0 fully saturated rings. The van der Waals surface area contributed by atoms with E-state index in [1.807, 2.05) is 25.1 Å². The third-order valence-electron chi connectivity index (χ3n) is 3.01. The van der Waals surface area contributed by atoms with Gasteiger partial charge in [-0.05, 0) is 49.4 Å². The van der Waals surface area contributed by atoms with Crippen LogP contribution in [0.4, 0.5) is 0 Å². The Bertz CT molecular complexity index is 372. The van der Waals surface area contributed by atoms with Gasteiger partial charge in [0.25, 0.3) is 0 Å². The largest absolute Gasteiger partial charge is 0.491 e. The van der Waals surface area contributed by atoms with Crippen molar-refractivity contribution in [3.05, 3.63) is 29.3 Å². The summed E-state index contributed by atoms with van der Waals surface area (Å²) < 4.78 is 11.2. The first kappa shape index (κ1) is 16.0. The van der Waals surface area contributed by atoms with E-state index in [1.54, 1.807) is 6.92 Å². The zero-order valence-corrected chi connectivity index (χ0v) is 12.5. The Hall–Kier alpha value is -1.06. The van der Waals surface area contributed by atoms with Gasteiger partial charge in [-0.2, -0.15) is 0 Å². The van der Waals surface area contributed by atoms with Crippen molar-refractivity contribution in [1.82, 2.24) is 0 Å². The van der Waals surface area contributed by atoms with E-state index >= 15 is 0 Å². The summed E-state index contributed by atoms with van der Waals surface area (Å²) in [4.78, 5) is 0. The van der Waals surface area contributed by atoms with Crippen LogP contribution < -0.4 is 4.74 Å². The number of hydrogen-bond donors (Lipinski definition) is 1. The van der Waals surface area contributed by atoms with Crippen LogP contribution in [0.5, 0.6) is 5.75 Å². The van der Waals surface area contributed by atoms with Gasteiger partial charge in [-0.1, -0.05) is 19.9 Å². The zero-order chi connectivity index (χ0) is 14.3. The molecule has 0 radical (unpaired) electrons. The molecule has 19 heavy (non-hydrogen) atoms. The molecule has 0 saturated carbocycles. The Labute approximate surface area is 116 Å². The van der Waals surface area contributed by atoms with E-state index in [-0.39, 0.29) is 0 Å². The fraction of sp³-hybridized carbons (Fsp3) is 0.625. The lowest BCUT2D eigenvalue weighted by Gasteiger charge is -2.12. The smallest absolute Gasteiger partial charge is 0.122 e. The summed E-state index contributed by atoms with van der Waals surface area (Å²) in [6.45, 7) is 10.1. The van der Waals surface area contributed by atoms with Crippen LogP contribution in [0.15, 0.2) is 18.2 Å². The van der Waals surface area contributed by atoms with E-state index in [4.69, 9.17) is 9.47 Å². The number of hydrogen-bond acceptors (Lipinski definition) is 3. The molecule has 1 atom stereocenters. The van der Waals surface area contributed by atoms with Crippen molar-refractivity contribution in [2.45, 2.75) is 40.2 Å². The van der Waals surface area contributed by atoms with E-state index in [0.717, 1.165) is 29.9 Å². The number of aliphatic hydroxyl groups excluding tert-OH is 1. The minimum Gasteiger partial charge on any atom is -0.491 e. The van der Waals surface area contributed by atoms with Crippen molar-refractivity contribution < 1.29 is 14.6 Å². The van der Waals surface area contributed by atoms with Crippen molar-refractivity contribution in [2.75, 3.05) is 19.8 Å².